The number of unbranched alkanes of at least 4 members (excludes halogenated alkanes) is 1. The Balaban J connectivity index is 1.07. The molecule has 0 amide bonds. The van der Waals surface area contributed by atoms with Gasteiger partial charge in [-0.15, -0.1) is 11.3 Å². The van der Waals surface area contributed by atoms with E-state index < -0.39 is 37.3 Å². The number of alkyl halides is 3. The summed E-state index contributed by atoms with van der Waals surface area (Å²) in [5, 5.41) is 4.19. The third-order valence-corrected chi connectivity index (χ3v) is 8.14. The first kappa shape index (κ1) is 28.9. The van der Waals surface area contributed by atoms with Crippen molar-refractivity contribution in [3.05, 3.63) is 70.3 Å². The molecule has 7 nitrogen and oxygen atoms in total. The molecule has 1 aliphatic heterocycles. The van der Waals surface area contributed by atoms with E-state index in [-0.39, 0.29) is 0 Å². The average molecular weight is 588 g/mol. The van der Waals surface area contributed by atoms with Gasteiger partial charge in [-0.3, -0.25) is 19.1 Å². The van der Waals surface area contributed by atoms with Crippen LogP contribution >= 0.6 is 11.3 Å². The maximum absolute atomic E-state index is 12.4. The predicted molar refractivity (Wildman–Crippen MR) is 155 cm³/mol. The van der Waals surface area contributed by atoms with E-state index in [2.05, 4.69) is 39.4 Å². The molecular formula is C30H32F3N3O4S. The number of fused-ring (bicyclic) bond motifs is 2. The quantitative estimate of drug-likeness (QED) is 0.158. The molecule has 0 unspecified atom stereocenters. The van der Waals surface area contributed by atoms with E-state index in [1.54, 1.807) is 35.6 Å². The molecule has 0 saturated carbocycles. The van der Waals surface area contributed by atoms with Crippen molar-refractivity contribution < 1.29 is 27.4 Å². The average Bonchev–Trinajstić information content (AvgIpc) is 3.45. The second-order valence-electron chi connectivity index (χ2n) is 10.1. The number of nitrogens with zero attached hydrogens (tertiary/aromatic N) is 3. The molecule has 41 heavy (non-hydrogen) atoms. The van der Waals surface area contributed by atoms with Gasteiger partial charge in [-0.25, -0.2) is 0 Å². The molecule has 218 valence electrons. The van der Waals surface area contributed by atoms with E-state index in [0.717, 1.165) is 51.0 Å². The molecule has 0 spiro atoms. The summed E-state index contributed by atoms with van der Waals surface area (Å²) in [5.74, 6) is -0.448. The number of hydrogen-bond donors (Lipinski definition) is 0. The summed E-state index contributed by atoms with van der Waals surface area (Å²) < 4.78 is 50.5. The summed E-state index contributed by atoms with van der Waals surface area (Å²) in [7, 11) is 0. The number of benzene rings is 2. The van der Waals surface area contributed by atoms with Crippen molar-refractivity contribution >= 4 is 44.0 Å². The van der Waals surface area contributed by atoms with E-state index in [1.165, 1.54) is 26.4 Å². The summed E-state index contributed by atoms with van der Waals surface area (Å²) in [6.07, 6.45) is -4.65. The topological polar surface area (TPSA) is 64.0 Å². The number of pyridine rings is 1. The van der Waals surface area contributed by atoms with Crippen LogP contribution in [0.15, 0.2) is 64.8 Å². The SMILES string of the molecule is O=C(CCC(F)(F)F)OCn1c(=O)ccc2ccc(OCCCCN3CCN(c4cccc5sccc45)CC3)cc21. The minimum atomic E-state index is -4.45. The summed E-state index contributed by atoms with van der Waals surface area (Å²) in [6.45, 7) is 5.08. The molecule has 2 aromatic heterocycles. The van der Waals surface area contributed by atoms with Gasteiger partial charge >= 0.3 is 12.1 Å². The maximum Gasteiger partial charge on any atom is 0.389 e. The number of carbonyl (C=O) groups is 1. The number of anilines is 1. The van der Waals surface area contributed by atoms with Crippen LogP contribution in [0, 0.1) is 0 Å². The van der Waals surface area contributed by atoms with Gasteiger partial charge in [-0.1, -0.05) is 6.07 Å². The Bertz CT molecular complexity index is 1540. The van der Waals surface area contributed by atoms with Crippen LogP contribution in [0.4, 0.5) is 18.9 Å². The summed E-state index contributed by atoms with van der Waals surface area (Å²) in [4.78, 5) is 29.1. The largest absolute Gasteiger partial charge is 0.494 e. The van der Waals surface area contributed by atoms with Gasteiger partial charge in [-0.2, -0.15) is 13.2 Å². The Morgan fingerprint density at radius 2 is 1.78 bits per heavy atom. The highest BCUT2D eigenvalue weighted by Crippen LogP contribution is 2.31. The fraction of sp³-hybridized carbons (Fsp3) is 0.400. The number of halogens is 3. The fourth-order valence-corrected chi connectivity index (χ4v) is 5.84. The van der Waals surface area contributed by atoms with E-state index in [9.17, 15) is 22.8 Å². The van der Waals surface area contributed by atoms with Crippen LogP contribution < -0.4 is 15.2 Å². The molecule has 3 heterocycles. The standard InChI is InChI=1S/C30H32F3N3O4S/c31-30(32,33)12-10-29(38)40-21-36-26-20-23(8-6-22(26)7-9-28(36)37)39-18-2-1-13-34-14-16-35(17-15-34)25-4-3-5-27-24(25)11-19-41-27/h3-9,11,19-20H,1-2,10,12-18,21H2. The Labute approximate surface area is 239 Å². The molecule has 1 fully saturated rings. The minimum absolute atomic E-state index is 0.426. The van der Waals surface area contributed by atoms with E-state index in [1.807, 2.05) is 0 Å². The van der Waals surface area contributed by atoms with Crippen LogP contribution in [-0.2, 0) is 16.3 Å². The molecule has 4 aromatic rings. The third-order valence-electron chi connectivity index (χ3n) is 7.25. The van der Waals surface area contributed by atoms with Crippen LogP contribution in [0.2, 0.25) is 0 Å². The normalized spacial score (nSPS) is 14.6. The first-order valence-electron chi connectivity index (χ1n) is 13.7. The van der Waals surface area contributed by atoms with Gasteiger partial charge in [0.25, 0.3) is 5.56 Å². The first-order chi connectivity index (χ1) is 19.8. The number of esters is 1. The van der Waals surface area contributed by atoms with E-state index >= 15 is 0 Å². The zero-order valence-electron chi connectivity index (χ0n) is 22.6. The number of aromatic nitrogens is 1. The number of rotatable bonds is 11. The lowest BCUT2D eigenvalue weighted by Crippen LogP contribution is -2.46. The number of thiophene rings is 1. The molecule has 2 aromatic carbocycles. The van der Waals surface area contributed by atoms with Crippen LogP contribution in [-0.4, -0.2) is 60.9 Å². The van der Waals surface area contributed by atoms with Gasteiger partial charge < -0.3 is 14.4 Å². The minimum Gasteiger partial charge on any atom is -0.494 e. The number of hydrogen-bond acceptors (Lipinski definition) is 7. The van der Waals surface area contributed by atoms with Crippen molar-refractivity contribution in [3.63, 3.8) is 0 Å². The van der Waals surface area contributed by atoms with E-state index in [4.69, 9.17) is 9.47 Å². The molecule has 11 heteroatoms. The lowest BCUT2D eigenvalue weighted by Gasteiger charge is -2.36. The van der Waals surface area contributed by atoms with Gasteiger partial charge in [0, 0.05) is 54.1 Å². The molecule has 0 aliphatic carbocycles. The Kier molecular flexibility index (Phi) is 9.14. The molecule has 1 aliphatic rings. The van der Waals surface area contributed by atoms with Crippen LogP contribution in [0.5, 0.6) is 5.75 Å². The predicted octanol–water partition coefficient (Wildman–Crippen LogP) is 6.04. The van der Waals surface area contributed by atoms with Crippen molar-refractivity contribution in [1.82, 2.24) is 9.47 Å². The van der Waals surface area contributed by atoms with Gasteiger partial charge in [0.05, 0.1) is 25.0 Å². The summed E-state index contributed by atoms with van der Waals surface area (Å²) in [6, 6.07) is 17.0. The van der Waals surface area contributed by atoms with Gasteiger partial charge in [-0.05, 0) is 66.6 Å². The molecular weight excluding hydrogens is 555 g/mol. The molecule has 1 saturated heterocycles. The van der Waals surface area contributed by atoms with Crippen molar-refractivity contribution in [2.75, 3.05) is 44.2 Å². The highest BCUT2D eigenvalue weighted by Gasteiger charge is 2.28. The second kappa shape index (κ2) is 12.9. The molecule has 0 N–H and O–H groups in total. The van der Waals surface area contributed by atoms with Crippen LogP contribution in [0.3, 0.4) is 0 Å². The second-order valence-corrected chi connectivity index (χ2v) is 11.0. The van der Waals surface area contributed by atoms with Crippen molar-refractivity contribution in [2.45, 2.75) is 38.6 Å². The van der Waals surface area contributed by atoms with Gasteiger partial charge in [0.15, 0.2) is 6.73 Å². The van der Waals surface area contributed by atoms with E-state index in [0.29, 0.717) is 17.9 Å². The zero-order chi connectivity index (χ0) is 28.8. The van der Waals surface area contributed by atoms with Crippen molar-refractivity contribution in [2.24, 2.45) is 0 Å². The molecule has 0 atom stereocenters. The van der Waals surface area contributed by atoms with Crippen molar-refractivity contribution in [1.29, 1.82) is 0 Å². The van der Waals surface area contributed by atoms with Crippen LogP contribution in [0.25, 0.3) is 21.0 Å². The van der Waals surface area contributed by atoms with Crippen molar-refractivity contribution in [3.8, 4) is 5.75 Å². The smallest absolute Gasteiger partial charge is 0.389 e. The third kappa shape index (κ3) is 7.59. The first-order valence-corrected chi connectivity index (χ1v) is 14.6. The molecule has 5 rings (SSSR count). The Hall–Kier alpha value is -3.57. The Morgan fingerprint density at radius 1 is 0.976 bits per heavy atom. The zero-order valence-corrected chi connectivity index (χ0v) is 23.4. The summed E-state index contributed by atoms with van der Waals surface area (Å²) >= 11 is 1.77. The van der Waals surface area contributed by atoms with Gasteiger partial charge in [0.1, 0.15) is 5.75 Å². The lowest BCUT2D eigenvalue weighted by atomic mass is 10.2. The molecule has 0 bridgehead atoms. The maximum atomic E-state index is 12.4. The number of carbonyl (C=O) groups excluding carboxylic acids is 1. The lowest BCUT2D eigenvalue weighted by molar-refractivity contribution is -0.159. The van der Waals surface area contributed by atoms with Crippen LogP contribution in [0.1, 0.15) is 25.7 Å². The number of piperazine rings is 1. The van der Waals surface area contributed by atoms with Gasteiger partial charge in [0.2, 0.25) is 0 Å². The highest BCUT2D eigenvalue weighted by molar-refractivity contribution is 7.17. The fourth-order valence-electron chi connectivity index (χ4n) is 5.04. The number of ether oxygens (including phenoxy) is 2. The molecule has 0 radical (unpaired) electrons. The monoisotopic (exact) mass is 587 g/mol. The highest BCUT2D eigenvalue weighted by atomic mass is 32.1. The summed E-state index contributed by atoms with van der Waals surface area (Å²) in [5.41, 5.74) is 1.37. The Morgan fingerprint density at radius 3 is 2.59 bits per heavy atom.